The van der Waals surface area contributed by atoms with Crippen LogP contribution in [0, 0.1) is 5.92 Å². The van der Waals surface area contributed by atoms with Gasteiger partial charge in [0.25, 0.3) is 0 Å². The Hall–Kier alpha value is -0.670. The number of rotatable bonds is 7. The van der Waals surface area contributed by atoms with Gasteiger partial charge in [-0.05, 0) is 36.6 Å². The van der Waals surface area contributed by atoms with E-state index in [9.17, 15) is 0 Å². The summed E-state index contributed by atoms with van der Waals surface area (Å²) < 4.78 is 0. The van der Waals surface area contributed by atoms with E-state index in [1.165, 1.54) is 10.6 Å². The maximum atomic E-state index is 8.69. The minimum Gasteiger partial charge on any atom is -0.396 e. The van der Waals surface area contributed by atoms with E-state index >= 15 is 0 Å². The van der Waals surface area contributed by atoms with Crippen LogP contribution in [0.5, 0.6) is 0 Å². The Kier molecular flexibility index (Phi) is 6.34. The van der Waals surface area contributed by atoms with Crippen LogP contribution in [0.3, 0.4) is 0 Å². The van der Waals surface area contributed by atoms with Crippen molar-refractivity contribution in [3.63, 3.8) is 0 Å². The van der Waals surface area contributed by atoms with Gasteiger partial charge in [0.05, 0.1) is 0 Å². The second-order valence-electron chi connectivity index (χ2n) is 4.22. The molecule has 1 rings (SSSR count). The van der Waals surface area contributed by atoms with Gasteiger partial charge in [-0.2, -0.15) is 0 Å². The molecule has 0 fully saturated rings. The van der Waals surface area contributed by atoms with Crippen molar-refractivity contribution in [2.75, 3.05) is 24.2 Å². The van der Waals surface area contributed by atoms with Gasteiger partial charge in [0.15, 0.2) is 0 Å². The fourth-order valence-electron chi connectivity index (χ4n) is 1.25. The Balaban J connectivity index is 2.35. The smallest absolute Gasteiger partial charge is 0.0439 e. The Labute approximate surface area is 102 Å². The summed E-state index contributed by atoms with van der Waals surface area (Å²) in [7, 11) is 0. The number of nitrogens with one attached hydrogen (secondary N) is 1. The summed E-state index contributed by atoms with van der Waals surface area (Å²) in [6, 6.07) is 8.49. The summed E-state index contributed by atoms with van der Waals surface area (Å²) in [5, 5.41) is 12.1. The Morgan fingerprint density at radius 1 is 1.25 bits per heavy atom. The molecule has 2 N–H and O–H groups in total. The number of aliphatic hydroxyl groups excluding tert-OH is 1. The number of aliphatic hydroxyl groups is 1. The van der Waals surface area contributed by atoms with Gasteiger partial charge in [-0.15, -0.1) is 11.8 Å². The van der Waals surface area contributed by atoms with E-state index in [4.69, 9.17) is 5.11 Å². The third-order valence-electron chi connectivity index (χ3n) is 2.14. The van der Waals surface area contributed by atoms with Crippen molar-refractivity contribution in [3.8, 4) is 0 Å². The lowest BCUT2D eigenvalue weighted by Crippen LogP contribution is -2.07. The molecule has 3 heteroatoms. The van der Waals surface area contributed by atoms with Crippen molar-refractivity contribution in [3.05, 3.63) is 24.3 Å². The average molecular weight is 239 g/mol. The van der Waals surface area contributed by atoms with Gasteiger partial charge < -0.3 is 10.4 Å². The van der Waals surface area contributed by atoms with Gasteiger partial charge in [0.2, 0.25) is 0 Å². The number of hydrogen-bond donors (Lipinski definition) is 2. The number of hydrogen-bond acceptors (Lipinski definition) is 3. The maximum Gasteiger partial charge on any atom is 0.0439 e. The standard InChI is InChI=1S/C13H21NOS/c1-11(2)10-14-12-4-6-13(7-5-12)16-9-3-8-15/h4-7,11,14-15H,3,8-10H2,1-2H3. The van der Waals surface area contributed by atoms with Crippen LogP contribution in [0.1, 0.15) is 20.3 Å². The van der Waals surface area contributed by atoms with Crippen molar-refractivity contribution in [1.29, 1.82) is 0 Å². The molecule has 0 saturated carbocycles. The molecule has 0 aliphatic carbocycles. The minimum atomic E-state index is 0.279. The number of thioether (sulfide) groups is 1. The first-order valence-corrected chi connectivity index (χ1v) is 6.78. The molecule has 16 heavy (non-hydrogen) atoms. The molecule has 0 radical (unpaired) electrons. The summed E-state index contributed by atoms with van der Waals surface area (Å²) in [5.74, 6) is 1.65. The van der Waals surface area contributed by atoms with Gasteiger partial charge in [-0.1, -0.05) is 13.8 Å². The predicted molar refractivity (Wildman–Crippen MR) is 72.2 cm³/mol. The van der Waals surface area contributed by atoms with E-state index in [1.807, 2.05) is 0 Å². The molecular formula is C13H21NOS. The molecule has 0 bridgehead atoms. The highest BCUT2D eigenvalue weighted by Crippen LogP contribution is 2.20. The van der Waals surface area contributed by atoms with E-state index in [-0.39, 0.29) is 6.61 Å². The maximum absolute atomic E-state index is 8.69. The molecule has 0 saturated heterocycles. The summed E-state index contributed by atoms with van der Waals surface area (Å²) in [5.41, 5.74) is 1.18. The van der Waals surface area contributed by atoms with E-state index in [0.717, 1.165) is 18.7 Å². The first-order valence-electron chi connectivity index (χ1n) is 5.80. The lowest BCUT2D eigenvalue weighted by molar-refractivity contribution is 0.296. The number of benzene rings is 1. The molecule has 0 atom stereocenters. The zero-order valence-corrected chi connectivity index (χ0v) is 10.9. The zero-order chi connectivity index (χ0) is 11.8. The van der Waals surface area contributed by atoms with Crippen LogP contribution in [-0.2, 0) is 0 Å². The quantitative estimate of drug-likeness (QED) is 0.566. The van der Waals surface area contributed by atoms with Crippen LogP contribution in [0.2, 0.25) is 0 Å². The summed E-state index contributed by atoms with van der Waals surface area (Å²) in [4.78, 5) is 1.27. The van der Waals surface area contributed by atoms with Crippen molar-refractivity contribution >= 4 is 17.4 Å². The van der Waals surface area contributed by atoms with Gasteiger partial charge in [-0.3, -0.25) is 0 Å². The summed E-state index contributed by atoms with van der Waals surface area (Å²) >= 11 is 1.79. The number of anilines is 1. The van der Waals surface area contributed by atoms with Crippen molar-refractivity contribution in [2.45, 2.75) is 25.2 Å². The highest BCUT2D eigenvalue weighted by Gasteiger charge is 1.96. The Morgan fingerprint density at radius 3 is 2.50 bits per heavy atom. The molecule has 0 amide bonds. The van der Waals surface area contributed by atoms with Gasteiger partial charge in [0, 0.05) is 29.5 Å². The molecule has 0 heterocycles. The van der Waals surface area contributed by atoms with E-state index in [2.05, 4.69) is 43.4 Å². The van der Waals surface area contributed by atoms with Gasteiger partial charge in [0.1, 0.15) is 0 Å². The molecule has 0 aromatic heterocycles. The van der Waals surface area contributed by atoms with Crippen molar-refractivity contribution in [2.24, 2.45) is 5.92 Å². The molecular weight excluding hydrogens is 218 g/mol. The van der Waals surface area contributed by atoms with E-state index < -0.39 is 0 Å². The van der Waals surface area contributed by atoms with Crippen LogP contribution in [0.15, 0.2) is 29.2 Å². The summed E-state index contributed by atoms with van der Waals surface area (Å²) in [6.07, 6.45) is 0.859. The fraction of sp³-hybridized carbons (Fsp3) is 0.538. The van der Waals surface area contributed by atoms with Gasteiger partial charge in [-0.25, -0.2) is 0 Å². The third kappa shape index (κ3) is 5.42. The second-order valence-corrected chi connectivity index (χ2v) is 5.39. The topological polar surface area (TPSA) is 32.3 Å². The molecule has 0 unspecified atom stereocenters. The van der Waals surface area contributed by atoms with Crippen LogP contribution >= 0.6 is 11.8 Å². The van der Waals surface area contributed by atoms with Crippen LogP contribution in [0.25, 0.3) is 0 Å². The Morgan fingerprint density at radius 2 is 1.94 bits per heavy atom. The predicted octanol–water partition coefficient (Wildman–Crippen LogP) is 3.23. The lowest BCUT2D eigenvalue weighted by atomic mass is 10.2. The largest absolute Gasteiger partial charge is 0.396 e. The molecule has 2 nitrogen and oxygen atoms in total. The first-order chi connectivity index (χ1) is 7.72. The molecule has 1 aromatic carbocycles. The third-order valence-corrected chi connectivity index (χ3v) is 3.24. The highest BCUT2D eigenvalue weighted by atomic mass is 32.2. The van der Waals surface area contributed by atoms with Crippen molar-refractivity contribution < 1.29 is 5.11 Å². The van der Waals surface area contributed by atoms with Crippen LogP contribution in [-0.4, -0.2) is 24.0 Å². The zero-order valence-electron chi connectivity index (χ0n) is 10.1. The first kappa shape index (κ1) is 13.4. The highest BCUT2D eigenvalue weighted by molar-refractivity contribution is 7.99. The SMILES string of the molecule is CC(C)CNc1ccc(SCCCO)cc1. The van der Waals surface area contributed by atoms with E-state index in [0.29, 0.717) is 5.92 Å². The molecule has 0 aliphatic rings. The Bertz CT molecular complexity index is 284. The fourth-order valence-corrected chi connectivity index (χ4v) is 2.08. The molecule has 90 valence electrons. The van der Waals surface area contributed by atoms with E-state index in [1.54, 1.807) is 11.8 Å². The van der Waals surface area contributed by atoms with Crippen molar-refractivity contribution in [1.82, 2.24) is 0 Å². The minimum absolute atomic E-state index is 0.279. The second kappa shape index (κ2) is 7.58. The normalized spacial score (nSPS) is 10.8. The lowest BCUT2D eigenvalue weighted by Gasteiger charge is -2.09. The molecule has 0 aliphatic heterocycles. The molecule has 1 aromatic rings. The van der Waals surface area contributed by atoms with Crippen LogP contribution in [0.4, 0.5) is 5.69 Å². The average Bonchev–Trinajstić information content (AvgIpc) is 2.28. The monoisotopic (exact) mass is 239 g/mol. The van der Waals surface area contributed by atoms with Crippen LogP contribution < -0.4 is 5.32 Å². The molecule has 0 spiro atoms. The van der Waals surface area contributed by atoms with Gasteiger partial charge >= 0.3 is 0 Å². The summed E-state index contributed by atoms with van der Waals surface area (Å²) in [6.45, 7) is 5.69.